The molecule has 0 radical (unpaired) electrons. The zero-order valence-corrected chi connectivity index (χ0v) is 16.9. The van der Waals surface area contributed by atoms with Crippen molar-refractivity contribution in [1.82, 2.24) is 15.2 Å². The van der Waals surface area contributed by atoms with Crippen LogP contribution in [-0.2, 0) is 11.3 Å². The summed E-state index contributed by atoms with van der Waals surface area (Å²) in [4.78, 5) is 19.3. The van der Waals surface area contributed by atoms with Crippen LogP contribution in [-0.4, -0.2) is 39.4 Å². The monoisotopic (exact) mass is 416 g/mol. The van der Waals surface area contributed by atoms with E-state index < -0.39 is 0 Å². The molecule has 2 aliphatic rings. The average Bonchev–Trinajstić information content (AvgIpc) is 3.47. The summed E-state index contributed by atoms with van der Waals surface area (Å²) in [6.07, 6.45) is 6.41. The van der Waals surface area contributed by atoms with Gasteiger partial charge < -0.3 is 14.6 Å². The van der Waals surface area contributed by atoms with E-state index in [1.165, 1.54) is 11.8 Å². The molecule has 3 heterocycles. The molecular weight excluding hydrogens is 396 g/mol. The molecule has 2 aliphatic heterocycles. The molecule has 0 bridgehead atoms. The number of oxazole rings is 1. The lowest BCUT2D eigenvalue weighted by Crippen LogP contribution is -2.27. The summed E-state index contributed by atoms with van der Waals surface area (Å²) in [5, 5.41) is 11.2. The van der Waals surface area contributed by atoms with E-state index >= 15 is 0 Å². The molecule has 0 saturated carbocycles. The molecule has 146 valence electrons. The minimum atomic E-state index is -0.137. The molecule has 28 heavy (non-hydrogen) atoms. The molecule has 8 heteroatoms. The van der Waals surface area contributed by atoms with E-state index in [-0.39, 0.29) is 10.6 Å². The Bertz CT molecular complexity index is 903. The number of aromatic nitrogens is 1. The van der Waals surface area contributed by atoms with Gasteiger partial charge in [-0.05, 0) is 31.4 Å². The third kappa shape index (κ3) is 4.25. The van der Waals surface area contributed by atoms with E-state index in [1.54, 1.807) is 6.26 Å². The molecule has 0 aliphatic carbocycles. The summed E-state index contributed by atoms with van der Waals surface area (Å²) in [6.45, 7) is 2.21. The van der Waals surface area contributed by atoms with Crippen LogP contribution in [0.1, 0.15) is 30.5 Å². The predicted octanol–water partition coefficient (Wildman–Crippen LogP) is 3.96. The molecular formula is C20H21ClN4O2S. The number of thioether (sulfide) groups is 1. The number of rotatable bonds is 5. The van der Waals surface area contributed by atoms with E-state index in [0.29, 0.717) is 35.3 Å². The van der Waals surface area contributed by atoms with Crippen molar-refractivity contribution in [2.24, 2.45) is 0 Å². The second-order valence-electron chi connectivity index (χ2n) is 6.78. The Morgan fingerprint density at radius 1 is 1.32 bits per heavy atom. The first kappa shape index (κ1) is 19.1. The molecule has 6 nitrogen and oxygen atoms in total. The van der Waals surface area contributed by atoms with Crippen molar-refractivity contribution in [2.75, 3.05) is 13.1 Å². The quantitative estimate of drug-likeness (QED) is 0.438. The van der Waals surface area contributed by atoms with Crippen LogP contribution in [0.15, 0.2) is 45.9 Å². The summed E-state index contributed by atoms with van der Waals surface area (Å²) < 4.78 is 5.50. The molecule has 1 aromatic heterocycles. The maximum atomic E-state index is 12.1. The van der Waals surface area contributed by atoms with Gasteiger partial charge in [-0.25, -0.2) is 4.98 Å². The van der Waals surface area contributed by atoms with Crippen molar-refractivity contribution in [3.05, 3.63) is 52.8 Å². The summed E-state index contributed by atoms with van der Waals surface area (Å²) >= 11 is 7.37. The Kier molecular flexibility index (Phi) is 5.73. The van der Waals surface area contributed by atoms with Gasteiger partial charge in [-0.15, -0.1) is 23.4 Å². The van der Waals surface area contributed by atoms with Crippen molar-refractivity contribution in [3.63, 3.8) is 0 Å². The summed E-state index contributed by atoms with van der Waals surface area (Å²) in [7, 11) is 0. The zero-order valence-electron chi connectivity index (χ0n) is 15.3. The highest BCUT2D eigenvalue weighted by atomic mass is 35.5. The number of nitrogens with zero attached hydrogens (tertiary/aromatic N) is 2. The van der Waals surface area contributed by atoms with Crippen LogP contribution < -0.4 is 5.32 Å². The van der Waals surface area contributed by atoms with Crippen molar-refractivity contribution in [3.8, 4) is 11.5 Å². The Labute approximate surface area is 172 Å². The second kappa shape index (κ2) is 8.41. The lowest BCUT2D eigenvalue weighted by molar-refractivity contribution is -0.116. The Balaban J connectivity index is 1.36. The van der Waals surface area contributed by atoms with Crippen molar-refractivity contribution in [2.45, 2.75) is 30.5 Å². The third-order valence-electron chi connectivity index (χ3n) is 4.78. The minimum absolute atomic E-state index is 0.0608. The molecule has 4 rings (SSSR count). The topological polar surface area (TPSA) is 82.2 Å². The standard InChI is InChI=1S/C20H21ClN4O2S/c21-17-8-7-16(28-17)19(26)23-11-15-12-27-20(24-15)14-5-3-13(4-6-14)18(22)25-9-1-2-10-25/h3-7,12,17,22H,1-2,8-11H2,(H,23,26). The van der Waals surface area contributed by atoms with Gasteiger partial charge in [0, 0.05) is 24.2 Å². The molecule has 1 amide bonds. The van der Waals surface area contributed by atoms with Crippen molar-refractivity contribution >= 4 is 35.1 Å². The van der Waals surface area contributed by atoms with Crippen molar-refractivity contribution in [1.29, 1.82) is 5.41 Å². The van der Waals surface area contributed by atoms with E-state index in [4.69, 9.17) is 21.4 Å². The number of likely N-dealkylation sites (tertiary alicyclic amines) is 1. The van der Waals surface area contributed by atoms with E-state index in [2.05, 4.69) is 15.2 Å². The molecule has 2 N–H and O–H groups in total. The van der Waals surface area contributed by atoms with Crippen LogP contribution in [0.3, 0.4) is 0 Å². The van der Waals surface area contributed by atoms with Crippen LogP contribution in [0.5, 0.6) is 0 Å². The van der Waals surface area contributed by atoms with E-state index in [9.17, 15) is 4.79 Å². The van der Waals surface area contributed by atoms with E-state index in [0.717, 1.165) is 37.1 Å². The fourth-order valence-electron chi connectivity index (χ4n) is 3.25. The Hall–Kier alpha value is -2.25. The fourth-order valence-corrected chi connectivity index (χ4v) is 4.47. The highest BCUT2D eigenvalue weighted by Crippen LogP contribution is 2.34. The minimum Gasteiger partial charge on any atom is -0.444 e. The van der Waals surface area contributed by atoms with Gasteiger partial charge in [0.15, 0.2) is 0 Å². The summed E-state index contributed by atoms with van der Waals surface area (Å²) in [5.74, 6) is 0.930. The maximum Gasteiger partial charge on any atom is 0.257 e. The number of hydrogen-bond donors (Lipinski definition) is 2. The lowest BCUT2D eigenvalue weighted by Gasteiger charge is -2.18. The molecule has 0 spiro atoms. The highest BCUT2D eigenvalue weighted by Gasteiger charge is 2.21. The van der Waals surface area contributed by atoms with Crippen LogP contribution >= 0.6 is 23.4 Å². The molecule has 1 aromatic carbocycles. The average molecular weight is 417 g/mol. The molecule has 1 saturated heterocycles. The van der Waals surface area contributed by atoms with Crippen LogP contribution in [0.4, 0.5) is 0 Å². The number of hydrogen-bond acceptors (Lipinski definition) is 5. The van der Waals surface area contributed by atoms with E-state index in [1.807, 2.05) is 30.3 Å². The van der Waals surface area contributed by atoms with Crippen LogP contribution in [0.2, 0.25) is 0 Å². The molecule has 1 unspecified atom stereocenters. The number of amides is 1. The largest absolute Gasteiger partial charge is 0.444 e. The first-order valence-corrected chi connectivity index (χ1v) is 10.6. The van der Waals surface area contributed by atoms with Gasteiger partial charge in [0.05, 0.1) is 21.9 Å². The van der Waals surface area contributed by atoms with Gasteiger partial charge >= 0.3 is 0 Å². The molecule has 1 fully saturated rings. The Morgan fingerprint density at radius 2 is 2.07 bits per heavy atom. The van der Waals surface area contributed by atoms with Crippen molar-refractivity contribution < 1.29 is 9.21 Å². The van der Waals surface area contributed by atoms with Gasteiger partial charge in [0.2, 0.25) is 5.89 Å². The van der Waals surface area contributed by atoms with Gasteiger partial charge in [0.1, 0.15) is 12.1 Å². The number of amidine groups is 1. The van der Waals surface area contributed by atoms with Gasteiger partial charge in [-0.2, -0.15) is 0 Å². The predicted molar refractivity (Wildman–Crippen MR) is 111 cm³/mol. The summed E-state index contributed by atoms with van der Waals surface area (Å²) in [5.41, 5.74) is 2.39. The zero-order chi connectivity index (χ0) is 19.5. The highest BCUT2D eigenvalue weighted by molar-refractivity contribution is 8.05. The Morgan fingerprint density at radius 3 is 2.75 bits per heavy atom. The van der Waals surface area contributed by atoms with Crippen LogP contribution in [0.25, 0.3) is 11.5 Å². The maximum absolute atomic E-state index is 12.1. The summed E-state index contributed by atoms with van der Waals surface area (Å²) in [6, 6.07) is 7.67. The number of nitrogens with one attached hydrogen (secondary N) is 2. The lowest BCUT2D eigenvalue weighted by atomic mass is 10.1. The number of allylic oxidation sites excluding steroid dienone is 1. The first-order chi connectivity index (χ1) is 13.6. The third-order valence-corrected chi connectivity index (χ3v) is 6.28. The number of carbonyl (C=O) groups is 1. The molecule has 1 atom stereocenters. The number of alkyl halides is 1. The SMILES string of the molecule is N=C(c1ccc(-c2nc(CNC(=O)C3=CCC(Cl)S3)co2)cc1)N1CCCC1. The normalized spacial score (nSPS) is 19.0. The number of benzene rings is 1. The number of carbonyl (C=O) groups excluding carboxylic acids is 1. The van der Waals surface area contributed by atoms with Gasteiger partial charge in [0.25, 0.3) is 5.91 Å². The first-order valence-electron chi connectivity index (χ1n) is 9.28. The fraction of sp³-hybridized carbons (Fsp3) is 0.350. The smallest absolute Gasteiger partial charge is 0.257 e. The number of halogens is 1. The van der Waals surface area contributed by atoms with Crippen LogP contribution in [0, 0.1) is 5.41 Å². The second-order valence-corrected chi connectivity index (χ2v) is 8.81. The molecule has 2 aromatic rings. The van der Waals surface area contributed by atoms with Gasteiger partial charge in [-0.1, -0.05) is 18.2 Å². The van der Waals surface area contributed by atoms with Gasteiger partial charge in [-0.3, -0.25) is 10.2 Å².